The zero-order chi connectivity index (χ0) is 14.6. The number of methoxy groups -OCH3 is 1. The van der Waals surface area contributed by atoms with E-state index in [0.717, 1.165) is 18.4 Å². The Labute approximate surface area is 118 Å². The first-order valence-electron chi connectivity index (χ1n) is 6.69. The highest BCUT2D eigenvalue weighted by atomic mass is 16.5. The van der Waals surface area contributed by atoms with Crippen LogP contribution in [0.25, 0.3) is 0 Å². The fraction of sp³-hybridized carbons (Fsp3) is 0.467. The molecule has 1 aliphatic rings. The van der Waals surface area contributed by atoms with Crippen LogP contribution in [0.1, 0.15) is 24.4 Å². The van der Waals surface area contributed by atoms with Crippen LogP contribution in [0, 0.1) is 5.41 Å². The fourth-order valence-electron chi connectivity index (χ4n) is 2.24. The summed E-state index contributed by atoms with van der Waals surface area (Å²) in [4.78, 5) is 24.3. The molecule has 0 unspecified atom stereocenters. The van der Waals surface area contributed by atoms with Crippen molar-refractivity contribution in [3.8, 4) is 0 Å². The Hall–Kier alpha value is -1.88. The van der Waals surface area contributed by atoms with E-state index in [2.05, 4.69) is 10.6 Å². The Morgan fingerprint density at radius 2 is 1.95 bits per heavy atom. The first kappa shape index (κ1) is 14.5. The Kier molecular flexibility index (Phi) is 4.39. The lowest BCUT2D eigenvalue weighted by Gasteiger charge is -2.21. The number of hydrogen-bond acceptors (Lipinski definition) is 3. The Balaban J connectivity index is 2.13. The van der Waals surface area contributed by atoms with Gasteiger partial charge < -0.3 is 15.4 Å². The maximum Gasteiger partial charge on any atom is 0.246 e. The molecule has 0 aromatic heterocycles. The molecule has 1 aliphatic carbocycles. The van der Waals surface area contributed by atoms with E-state index in [-0.39, 0.29) is 11.8 Å². The number of ether oxygens (including phenoxy) is 1. The summed E-state index contributed by atoms with van der Waals surface area (Å²) in [6, 6.07) is 8.56. The van der Waals surface area contributed by atoms with E-state index >= 15 is 0 Å². The molecule has 2 N–H and O–H groups in total. The van der Waals surface area contributed by atoms with Gasteiger partial charge in [-0.2, -0.15) is 0 Å². The van der Waals surface area contributed by atoms with Crippen LogP contribution in [0.5, 0.6) is 0 Å². The Morgan fingerprint density at radius 3 is 2.45 bits per heavy atom. The molecule has 1 atom stereocenters. The predicted molar refractivity (Wildman–Crippen MR) is 74.9 cm³/mol. The average Bonchev–Trinajstić information content (AvgIpc) is 3.26. The second-order valence-corrected chi connectivity index (χ2v) is 5.14. The van der Waals surface area contributed by atoms with E-state index < -0.39 is 11.5 Å². The molecule has 1 fully saturated rings. The van der Waals surface area contributed by atoms with Crippen molar-refractivity contribution in [3.63, 3.8) is 0 Å². The number of hydrogen-bond donors (Lipinski definition) is 2. The van der Waals surface area contributed by atoms with Gasteiger partial charge in [-0.15, -0.1) is 0 Å². The minimum absolute atomic E-state index is 0.114. The van der Waals surface area contributed by atoms with Crippen LogP contribution in [0.15, 0.2) is 30.3 Å². The summed E-state index contributed by atoms with van der Waals surface area (Å²) in [7, 11) is 3.15. The normalized spacial score (nSPS) is 17.1. The number of nitrogens with one attached hydrogen (secondary N) is 2. The van der Waals surface area contributed by atoms with Gasteiger partial charge in [0, 0.05) is 14.2 Å². The van der Waals surface area contributed by atoms with Gasteiger partial charge in [0.25, 0.3) is 0 Å². The summed E-state index contributed by atoms with van der Waals surface area (Å²) in [5.41, 5.74) is 0.323. The standard InChI is InChI=1S/C15H20N2O3/c1-16-13(18)12(11-6-4-3-5-7-11)17-14(19)15(8-9-15)10-20-2/h3-7,12H,8-10H2,1-2H3,(H,16,18)(H,17,19)/t12-/m0/s1. The quantitative estimate of drug-likeness (QED) is 0.815. The monoisotopic (exact) mass is 276 g/mol. The van der Waals surface area contributed by atoms with E-state index in [1.807, 2.05) is 30.3 Å². The molecule has 20 heavy (non-hydrogen) atoms. The third-order valence-corrected chi connectivity index (χ3v) is 3.67. The summed E-state index contributed by atoms with van der Waals surface area (Å²) >= 11 is 0. The number of carbonyl (C=O) groups excluding carboxylic acids is 2. The highest BCUT2D eigenvalue weighted by molar-refractivity contribution is 5.92. The van der Waals surface area contributed by atoms with Gasteiger partial charge in [0.05, 0.1) is 12.0 Å². The summed E-state index contributed by atoms with van der Waals surface area (Å²) in [5.74, 6) is -0.338. The molecule has 5 heteroatoms. The Morgan fingerprint density at radius 1 is 1.30 bits per heavy atom. The summed E-state index contributed by atoms with van der Waals surface area (Å²) in [5, 5.41) is 5.43. The lowest BCUT2D eigenvalue weighted by atomic mass is 10.0. The van der Waals surface area contributed by atoms with Crippen LogP contribution in [0.2, 0.25) is 0 Å². The predicted octanol–water partition coefficient (Wildman–Crippen LogP) is 1.02. The van der Waals surface area contributed by atoms with Crippen LogP contribution in [-0.2, 0) is 14.3 Å². The van der Waals surface area contributed by atoms with Crippen molar-refractivity contribution in [2.75, 3.05) is 20.8 Å². The zero-order valence-corrected chi connectivity index (χ0v) is 11.8. The summed E-state index contributed by atoms with van der Waals surface area (Å²) < 4.78 is 5.10. The van der Waals surface area contributed by atoms with Gasteiger partial charge in [-0.25, -0.2) is 0 Å². The second-order valence-electron chi connectivity index (χ2n) is 5.14. The van der Waals surface area contributed by atoms with Crippen molar-refractivity contribution in [1.82, 2.24) is 10.6 Å². The van der Waals surface area contributed by atoms with Gasteiger partial charge in [0.15, 0.2) is 0 Å². The minimum Gasteiger partial charge on any atom is -0.384 e. The highest BCUT2D eigenvalue weighted by Crippen LogP contribution is 2.46. The number of benzene rings is 1. The molecule has 1 aromatic carbocycles. The first-order valence-corrected chi connectivity index (χ1v) is 6.69. The van der Waals surface area contributed by atoms with Crippen LogP contribution >= 0.6 is 0 Å². The molecule has 0 heterocycles. The second kappa shape index (κ2) is 6.05. The number of amides is 2. The average molecular weight is 276 g/mol. The molecule has 5 nitrogen and oxygen atoms in total. The lowest BCUT2D eigenvalue weighted by Crippen LogP contribution is -2.43. The van der Waals surface area contributed by atoms with Crippen LogP contribution in [-0.4, -0.2) is 32.6 Å². The maximum atomic E-state index is 12.4. The van der Waals surface area contributed by atoms with Crippen molar-refractivity contribution in [3.05, 3.63) is 35.9 Å². The van der Waals surface area contributed by atoms with E-state index in [1.54, 1.807) is 14.2 Å². The van der Waals surface area contributed by atoms with Gasteiger partial charge in [-0.3, -0.25) is 9.59 Å². The van der Waals surface area contributed by atoms with Gasteiger partial charge in [-0.05, 0) is 18.4 Å². The molecule has 1 saturated carbocycles. The molecular weight excluding hydrogens is 256 g/mol. The molecule has 0 spiro atoms. The van der Waals surface area contributed by atoms with Gasteiger partial charge in [-0.1, -0.05) is 30.3 Å². The van der Waals surface area contributed by atoms with Crippen molar-refractivity contribution in [2.24, 2.45) is 5.41 Å². The highest BCUT2D eigenvalue weighted by Gasteiger charge is 2.50. The van der Waals surface area contributed by atoms with Crippen LogP contribution in [0.3, 0.4) is 0 Å². The summed E-state index contributed by atoms with van der Waals surface area (Å²) in [6.45, 7) is 0.397. The molecule has 2 amide bonds. The Bertz CT molecular complexity index is 483. The molecule has 0 aliphatic heterocycles. The van der Waals surface area contributed by atoms with Crippen LogP contribution < -0.4 is 10.6 Å². The van der Waals surface area contributed by atoms with Crippen LogP contribution in [0.4, 0.5) is 0 Å². The summed E-state index contributed by atoms with van der Waals surface area (Å²) in [6.07, 6.45) is 1.61. The topological polar surface area (TPSA) is 67.4 Å². The lowest BCUT2D eigenvalue weighted by molar-refractivity contribution is -0.133. The third-order valence-electron chi connectivity index (χ3n) is 3.67. The molecule has 0 bridgehead atoms. The van der Waals surface area contributed by atoms with E-state index in [4.69, 9.17) is 4.74 Å². The minimum atomic E-state index is -0.664. The maximum absolute atomic E-state index is 12.4. The molecular formula is C15H20N2O3. The third kappa shape index (κ3) is 2.99. The molecule has 108 valence electrons. The van der Waals surface area contributed by atoms with E-state index in [0.29, 0.717) is 6.61 Å². The van der Waals surface area contributed by atoms with Gasteiger partial charge in [0.1, 0.15) is 6.04 Å². The first-order chi connectivity index (χ1) is 9.63. The fourth-order valence-corrected chi connectivity index (χ4v) is 2.24. The number of likely N-dealkylation sites (N-methyl/N-ethyl adjacent to an activating group) is 1. The smallest absolute Gasteiger partial charge is 0.246 e. The SMILES string of the molecule is CNC(=O)[C@@H](NC(=O)C1(COC)CC1)c1ccccc1. The molecule has 0 radical (unpaired) electrons. The molecule has 2 rings (SSSR count). The molecule has 1 aromatic rings. The van der Waals surface area contributed by atoms with Crippen molar-refractivity contribution < 1.29 is 14.3 Å². The number of carbonyl (C=O) groups is 2. The van der Waals surface area contributed by atoms with Crippen molar-refractivity contribution in [2.45, 2.75) is 18.9 Å². The largest absolute Gasteiger partial charge is 0.384 e. The van der Waals surface area contributed by atoms with Gasteiger partial charge >= 0.3 is 0 Å². The zero-order valence-electron chi connectivity index (χ0n) is 11.8. The number of rotatable bonds is 6. The van der Waals surface area contributed by atoms with Gasteiger partial charge in [0.2, 0.25) is 11.8 Å². The molecule has 0 saturated heterocycles. The van der Waals surface area contributed by atoms with E-state index in [1.165, 1.54) is 0 Å². The van der Waals surface area contributed by atoms with Crippen molar-refractivity contribution in [1.29, 1.82) is 0 Å². The van der Waals surface area contributed by atoms with Crippen molar-refractivity contribution >= 4 is 11.8 Å². The van der Waals surface area contributed by atoms with E-state index in [9.17, 15) is 9.59 Å².